The molecule has 72 valence electrons. The van der Waals surface area contributed by atoms with Gasteiger partial charge in [-0.25, -0.2) is 0 Å². The summed E-state index contributed by atoms with van der Waals surface area (Å²) >= 11 is 0. The van der Waals surface area contributed by atoms with Gasteiger partial charge in [-0.3, -0.25) is 9.69 Å². The van der Waals surface area contributed by atoms with Gasteiger partial charge in [-0.05, 0) is 38.1 Å². The summed E-state index contributed by atoms with van der Waals surface area (Å²) in [4.78, 5) is 14.2. The van der Waals surface area contributed by atoms with Gasteiger partial charge in [-0.2, -0.15) is 0 Å². The summed E-state index contributed by atoms with van der Waals surface area (Å²) in [6.45, 7) is 1.19. The second-order valence-corrected chi connectivity index (χ2v) is 4.77. The summed E-state index contributed by atoms with van der Waals surface area (Å²) in [6, 6.07) is 1.15. The van der Waals surface area contributed by atoms with Crippen LogP contribution >= 0.6 is 0 Å². The van der Waals surface area contributed by atoms with Gasteiger partial charge in [0, 0.05) is 12.5 Å². The fraction of sp³-hybridized carbons (Fsp3) is 0.909. The lowest BCUT2D eigenvalue weighted by Gasteiger charge is -2.58. The van der Waals surface area contributed by atoms with Crippen molar-refractivity contribution in [3.8, 4) is 0 Å². The highest BCUT2D eigenvalue weighted by Gasteiger charge is 2.52. The minimum Gasteiger partial charge on any atom is -0.298 e. The average Bonchev–Trinajstić information content (AvgIpc) is 2.14. The third kappa shape index (κ3) is 1.01. The van der Waals surface area contributed by atoms with Crippen LogP contribution in [0.25, 0.3) is 0 Å². The Hall–Kier alpha value is -0.370. The Kier molecular flexibility index (Phi) is 1.72. The smallest absolute Gasteiger partial charge is 0.150 e. The molecule has 2 aliphatic heterocycles. The van der Waals surface area contributed by atoms with E-state index in [2.05, 4.69) is 4.90 Å². The first kappa shape index (κ1) is 7.98. The summed E-state index contributed by atoms with van der Waals surface area (Å²) in [5, 5.41) is 0. The van der Waals surface area contributed by atoms with Crippen LogP contribution in [0.5, 0.6) is 0 Å². The fourth-order valence-corrected chi connectivity index (χ4v) is 3.57. The van der Waals surface area contributed by atoms with Gasteiger partial charge in [-0.1, -0.05) is 6.42 Å². The number of Topliss-reactive ketones (excluding diaryl/α,β-unsaturated/α-hetero) is 1. The molecular weight excluding hydrogens is 162 g/mol. The molecule has 2 heterocycles. The summed E-state index contributed by atoms with van der Waals surface area (Å²) in [5.74, 6) is 1.29. The SMILES string of the molecule is O=C1CCCC2C3CCCCN3C12. The molecule has 13 heavy (non-hydrogen) atoms. The lowest BCUT2D eigenvalue weighted by atomic mass is 9.67. The molecule has 3 rings (SSSR count). The molecule has 3 unspecified atom stereocenters. The zero-order chi connectivity index (χ0) is 8.84. The zero-order valence-electron chi connectivity index (χ0n) is 8.04. The predicted molar refractivity (Wildman–Crippen MR) is 50.5 cm³/mol. The summed E-state index contributed by atoms with van der Waals surface area (Å²) in [7, 11) is 0. The summed E-state index contributed by atoms with van der Waals surface area (Å²) in [5.41, 5.74) is 0. The van der Waals surface area contributed by atoms with Crippen molar-refractivity contribution in [1.29, 1.82) is 0 Å². The van der Waals surface area contributed by atoms with Gasteiger partial charge in [-0.15, -0.1) is 0 Å². The van der Waals surface area contributed by atoms with Crippen molar-refractivity contribution in [3.63, 3.8) is 0 Å². The lowest BCUT2D eigenvalue weighted by molar-refractivity contribution is -0.151. The van der Waals surface area contributed by atoms with Gasteiger partial charge in [0.1, 0.15) is 5.78 Å². The minimum absolute atomic E-state index is 0.360. The Bertz CT molecular complexity index is 228. The molecule has 2 heteroatoms. The molecule has 1 saturated carbocycles. The molecule has 3 fully saturated rings. The zero-order valence-corrected chi connectivity index (χ0v) is 8.04. The second-order valence-electron chi connectivity index (χ2n) is 4.77. The Morgan fingerprint density at radius 1 is 1.15 bits per heavy atom. The topological polar surface area (TPSA) is 20.3 Å². The molecule has 2 nitrogen and oxygen atoms in total. The van der Waals surface area contributed by atoms with Crippen molar-refractivity contribution in [2.75, 3.05) is 6.54 Å². The van der Waals surface area contributed by atoms with Crippen LogP contribution in [0.1, 0.15) is 38.5 Å². The first-order chi connectivity index (χ1) is 6.38. The maximum Gasteiger partial charge on any atom is 0.150 e. The molecule has 0 aromatic heterocycles. The second kappa shape index (κ2) is 2.81. The molecule has 3 aliphatic rings. The highest BCUT2D eigenvalue weighted by atomic mass is 16.1. The monoisotopic (exact) mass is 179 g/mol. The standard InChI is InChI=1S/C11H17NO/c13-10-6-3-4-8-9-5-1-2-7-12(9)11(8)10/h8-9,11H,1-7H2. The van der Waals surface area contributed by atoms with Crippen LogP contribution in [0.3, 0.4) is 0 Å². The molecule has 0 aromatic rings. The van der Waals surface area contributed by atoms with Gasteiger partial charge in [0.15, 0.2) is 0 Å². The maximum atomic E-state index is 11.7. The molecule has 0 N–H and O–H groups in total. The number of ketones is 1. The Balaban J connectivity index is 1.79. The van der Waals surface area contributed by atoms with Gasteiger partial charge in [0.25, 0.3) is 0 Å². The van der Waals surface area contributed by atoms with E-state index >= 15 is 0 Å². The predicted octanol–water partition coefficient (Wildman–Crippen LogP) is 1.59. The lowest BCUT2D eigenvalue weighted by Crippen LogP contribution is -2.69. The highest BCUT2D eigenvalue weighted by molar-refractivity contribution is 5.86. The first-order valence-electron chi connectivity index (χ1n) is 5.66. The van der Waals surface area contributed by atoms with Gasteiger partial charge < -0.3 is 0 Å². The van der Waals surface area contributed by atoms with Crippen molar-refractivity contribution in [3.05, 3.63) is 0 Å². The van der Waals surface area contributed by atoms with Crippen LogP contribution in [-0.2, 0) is 4.79 Å². The molecule has 0 aromatic carbocycles. The average molecular weight is 179 g/mol. The fourth-order valence-electron chi connectivity index (χ4n) is 3.57. The highest BCUT2D eigenvalue weighted by Crippen LogP contribution is 2.44. The number of rotatable bonds is 0. The number of nitrogens with zero attached hydrogens (tertiary/aromatic N) is 1. The molecule has 2 saturated heterocycles. The van der Waals surface area contributed by atoms with E-state index in [1.807, 2.05) is 0 Å². The van der Waals surface area contributed by atoms with Crippen LogP contribution < -0.4 is 0 Å². The van der Waals surface area contributed by atoms with Gasteiger partial charge >= 0.3 is 0 Å². The van der Waals surface area contributed by atoms with Crippen LogP contribution in [0.4, 0.5) is 0 Å². The van der Waals surface area contributed by atoms with E-state index < -0.39 is 0 Å². The van der Waals surface area contributed by atoms with E-state index in [4.69, 9.17) is 0 Å². The number of carbonyl (C=O) groups is 1. The quantitative estimate of drug-likeness (QED) is 0.563. The van der Waals surface area contributed by atoms with E-state index in [-0.39, 0.29) is 0 Å². The number of hydrogen-bond donors (Lipinski definition) is 0. The van der Waals surface area contributed by atoms with Gasteiger partial charge in [0.05, 0.1) is 6.04 Å². The van der Waals surface area contributed by atoms with E-state index in [1.54, 1.807) is 0 Å². The first-order valence-corrected chi connectivity index (χ1v) is 5.66. The van der Waals surface area contributed by atoms with Crippen LogP contribution in [0.2, 0.25) is 0 Å². The third-order valence-corrected chi connectivity index (χ3v) is 4.14. The van der Waals surface area contributed by atoms with E-state index in [0.29, 0.717) is 11.8 Å². The Morgan fingerprint density at radius 3 is 3.00 bits per heavy atom. The van der Waals surface area contributed by atoms with Crippen LogP contribution in [0, 0.1) is 5.92 Å². The maximum absolute atomic E-state index is 11.7. The number of hydrogen-bond acceptors (Lipinski definition) is 2. The van der Waals surface area contributed by atoms with Crippen molar-refractivity contribution in [1.82, 2.24) is 4.90 Å². The van der Waals surface area contributed by atoms with Crippen molar-refractivity contribution >= 4 is 5.78 Å². The van der Waals surface area contributed by atoms with Crippen LogP contribution in [0.15, 0.2) is 0 Å². The molecule has 3 atom stereocenters. The number of carbonyl (C=O) groups excluding carboxylic acids is 1. The van der Waals surface area contributed by atoms with E-state index in [1.165, 1.54) is 32.2 Å². The number of fused-ring (bicyclic) bond motifs is 4. The third-order valence-electron chi connectivity index (χ3n) is 4.14. The van der Waals surface area contributed by atoms with Crippen molar-refractivity contribution < 1.29 is 4.79 Å². The summed E-state index contributed by atoms with van der Waals surface area (Å²) < 4.78 is 0. The molecule has 0 spiro atoms. The molecule has 0 amide bonds. The van der Waals surface area contributed by atoms with Crippen molar-refractivity contribution in [2.45, 2.75) is 50.6 Å². The van der Waals surface area contributed by atoms with E-state index in [0.717, 1.165) is 24.8 Å². The molecule has 1 aliphatic carbocycles. The molecular formula is C11H17NO. The molecule has 0 bridgehead atoms. The molecule has 0 radical (unpaired) electrons. The van der Waals surface area contributed by atoms with Crippen LogP contribution in [-0.4, -0.2) is 29.3 Å². The van der Waals surface area contributed by atoms with E-state index in [9.17, 15) is 4.79 Å². The largest absolute Gasteiger partial charge is 0.298 e. The normalized spacial score (nSPS) is 44.9. The number of piperidine rings is 1. The van der Waals surface area contributed by atoms with Crippen molar-refractivity contribution in [2.24, 2.45) is 5.92 Å². The van der Waals surface area contributed by atoms with Gasteiger partial charge in [0.2, 0.25) is 0 Å². The summed E-state index contributed by atoms with van der Waals surface area (Å²) in [6.07, 6.45) is 7.38. The Labute approximate surface area is 79.3 Å². The minimum atomic E-state index is 0.360. The Morgan fingerprint density at radius 2 is 2.08 bits per heavy atom.